The van der Waals surface area contributed by atoms with Gasteiger partial charge in [0, 0.05) is 37.2 Å². The molecule has 6 rings (SSSR count). The summed E-state index contributed by atoms with van der Waals surface area (Å²) in [4.78, 5) is 19.3. The van der Waals surface area contributed by atoms with Crippen LogP contribution < -0.4 is 15.8 Å². The van der Waals surface area contributed by atoms with E-state index in [2.05, 4.69) is 24.1 Å². The number of nitrogens with one attached hydrogen (secondary N) is 1. The maximum absolute atomic E-state index is 12.5. The maximum atomic E-state index is 12.5. The van der Waals surface area contributed by atoms with E-state index in [4.69, 9.17) is 15.5 Å². The zero-order chi connectivity index (χ0) is 32.2. The highest BCUT2D eigenvalue weighted by molar-refractivity contribution is 6.09. The Morgan fingerprint density at radius 2 is 2.09 bits per heavy atom. The third kappa shape index (κ3) is 6.90. The molecule has 2 aromatic rings. The number of ketones is 1. The summed E-state index contributed by atoms with van der Waals surface area (Å²) >= 11 is 0. The molecule has 4 aliphatic heterocycles. The Morgan fingerprint density at radius 1 is 1.24 bits per heavy atom. The number of hydrogen-bond acceptors (Lipinski definition) is 9. The van der Waals surface area contributed by atoms with Gasteiger partial charge < -0.3 is 36.0 Å². The maximum Gasteiger partial charge on any atom is 0.183 e. The highest BCUT2D eigenvalue weighted by Crippen LogP contribution is 2.37. The van der Waals surface area contributed by atoms with Gasteiger partial charge in [0.05, 0.1) is 24.8 Å². The molecule has 0 radical (unpaired) electrons. The number of phenolic OH excluding ortho intramolecular Hbond substituents is 1. The van der Waals surface area contributed by atoms with Crippen molar-refractivity contribution < 1.29 is 24.9 Å². The van der Waals surface area contributed by atoms with Gasteiger partial charge in [0.25, 0.3) is 0 Å². The van der Waals surface area contributed by atoms with E-state index in [1.165, 1.54) is 0 Å². The first-order valence-electron chi connectivity index (χ1n) is 16.2. The number of aliphatic hydroxyl groups excluding tert-OH is 2. The molecule has 4 atom stereocenters. The predicted octanol–water partition coefficient (Wildman–Crippen LogP) is 4.68. The topological polar surface area (TPSA) is 141 Å². The van der Waals surface area contributed by atoms with Crippen LogP contribution in [0.1, 0.15) is 92.0 Å². The number of aliphatic imine (C=N–C) groups is 1. The first kappa shape index (κ1) is 31.6. The number of aromatic hydroxyl groups is 1. The molecule has 4 heterocycles. The van der Waals surface area contributed by atoms with Crippen molar-refractivity contribution >= 4 is 17.6 Å². The zero-order valence-corrected chi connectivity index (χ0v) is 26.2. The summed E-state index contributed by atoms with van der Waals surface area (Å²) in [5.74, 6) is 6.46. The molecule has 0 saturated carbocycles. The molecule has 4 aliphatic rings. The molecule has 0 aromatic heterocycles. The summed E-state index contributed by atoms with van der Waals surface area (Å²) in [6.45, 7) is 2.63. The van der Waals surface area contributed by atoms with E-state index in [0.29, 0.717) is 38.0 Å². The third-order valence-electron chi connectivity index (χ3n) is 9.08. The van der Waals surface area contributed by atoms with Gasteiger partial charge in [-0.25, -0.2) is 0 Å². The van der Waals surface area contributed by atoms with Crippen LogP contribution in [-0.4, -0.2) is 50.6 Å². The number of benzene rings is 2. The molecule has 0 spiro atoms. The lowest BCUT2D eigenvalue weighted by molar-refractivity contribution is -0.121. The molecule has 9 nitrogen and oxygen atoms in total. The number of phenols is 1. The second-order valence-electron chi connectivity index (χ2n) is 12.4. The number of carbonyl (C=O) groups excluding carboxylic acids is 1. The lowest BCUT2D eigenvalue weighted by Gasteiger charge is -2.28. The highest BCUT2D eigenvalue weighted by Gasteiger charge is 2.33. The molecule has 2 bridgehead atoms. The molecular weight excluding hydrogens is 580 g/mol. The van der Waals surface area contributed by atoms with E-state index >= 15 is 0 Å². The molecule has 9 heteroatoms. The number of aliphatic hydroxyl groups is 2. The van der Waals surface area contributed by atoms with E-state index in [1.807, 2.05) is 41.7 Å². The fraction of sp³-hybridized carbons (Fsp3) is 0.405. The first-order chi connectivity index (χ1) is 22.3. The average Bonchev–Trinajstić information content (AvgIpc) is 3.62. The Hall–Kier alpha value is -4.36. The van der Waals surface area contributed by atoms with E-state index in [9.17, 15) is 20.1 Å². The van der Waals surface area contributed by atoms with Crippen molar-refractivity contribution in [3.8, 4) is 23.3 Å². The molecule has 240 valence electrons. The number of allylic oxidation sites excluding steroid dienone is 1. The number of carbonyl (C=O) groups is 1. The molecule has 2 aromatic carbocycles. The fourth-order valence-corrected chi connectivity index (χ4v) is 6.49. The van der Waals surface area contributed by atoms with Crippen LogP contribution in [0.2, 0.25) is 0 Å². The Balaban J connectivity index is 1.21. The van der Waals surface area contributed by atoms with Crippen LogP contribution in [0, 0.1) is 11.8 Å². The summed E-state index contributed by atoms with van der Waals surface area (Å²) in [6.07, 6.45) is 10.7. The van der Waals surface area contributed by atoms with Crippen molar-refractivity contribution in [3.05, 3.63) is 87.9 Å². The van der Waals surface area contributed by atoms with Gasteiger partial charge in [-0.05, 0) is 70.6 Å². The number of rotatable bonds is 11. The summed E-state index contributed by atoms with van der Waals surface area (Å²) < 4.78 is 6.40. The molecule has 46 heavy (non-hydrogen) atoms. The highest BCUT2D eigenvalue weighted by atomic mass is 16.5. The zero-order valence-electron chi connectivity index (χ0n) is 26.2. The lowest BCUT2D eigenvalue weighted by atomic mass is 9.86. The predicted molar refractivity (Wildman–Crippen MR) is 178 cm³/mol. The summed E-state index contributed by atoms with van der Waals surface area (Å²) in [5, 5.41) is 35.3. The van der Waals surface area contributed by atoms with Crippen molar-refractivity contribution in [1.82, 2.24) is 10.2 Å². The van der Waals surface area contributed by atoms with Crippen molar-refractivity contribution in [1.29, 1.82) is 0 Å². The molecule has 0 saturated heterocycles. The summed E-state index contributed by atoms with van der Waals surface area (Å²) in [7, 11) is 0. The molecule has 6 N–H and O–H groups in total. The number of ether oxygens (including phenoxy) is 1. The monoisotopic (exact) mass is 622 g/mol. The van der Waals surface area contributed by atoms with Crippen LogP contribution in [-0.2, 0) is 17.6 Å². The van der Waals surface area contributed by atoms with E-state index in [1.54, 1.807) is 18.2 Å². The van der Waals surface area contributed by atoms with Gasteiger partial charge in [-0.3, -0.25) is 9.79 Å². The summed E-state index contributed by atoms with van der Waals surface area (Å²) in [6, 6.07) is 8.97. The Morgan fingerprint density at radius 3 is 2.93 bits per heavy atom. The van der Waals surface area contributed by atoms with E-state index < -0.39 is 18.4 Å². The quantitative estimate of drug-likeness (QED) is 0.180. The number of nitrogens with zero attached hydrogens (tertiary/aromatic N) is 2. The number of Topliss-reactive ketones (excluding diaryl/α,β-unsaturated/α-hetero) is 1. The van der Waals surface area contributed by atoms with Crippen molar-refractivity contribution in [2.24, 2.45) is 10.7 Å². The van der Waals surface area contributed by atoms with Gasteiger partial charge in [-0.15, -0.1) is 0 Å². The molecule has 0 fully saturated rings. The normalized spacial score (nSPS) is 21.7. The van der Waals surface area contributed by atoms with Crippen molar-refractivity contribution in [3.63, 3.8) is 0 Å². The van der Waals surface area contributed by atoms with E-state index in [-0.39, 0.29) is 30.5 Å². The van der Waals surface area contributed by atoms with Crippen LogP contribution in [0.3, 0.4) is 0 Å². The molecule has 0 aliphatic carbocycles. The van der Waals surface area contributed by atoms with Gasteiger partial charge in [0.1, 0.15) is 18.1 Å². The number of fused-ring (bicyclic) bond motifs is 4. The van der Waals surface area contributed by atoms with Crippen LogP contribution in [0.5, 0.6) is 11.5 Å². The first-order valence-corrected chi connectivity index (χ1v) is 16.2. The smallest absolute Gasteiger partial charge is 0.183 e. The van der Waals surface area contributed by atoms with Crippen LogP contribution in [0.25, 0.3) is 6.08 Å². The second kappa shape index (κ2) is 14.0. The number of hydrogen-bond donors (Lipinski definition) is 5. The molecular formula is C37H42N4O5. The van der Waals surface area contributed by atoms with E-state index in [0.717, 1.165) is 63.9 Å². The Bertz CT molecular complexity index is 1680. The van der Waals surface area contributed by atoms with Crippen LogP contribution in [0.4, 0.5) is 0 Å². The minimum atomic E-state index is -1.01. The lowest BCUT2D eigenvalue weighted by Crippen LogP contribution is -2.35. The Labute approximate surface area is 270 Å². The van der Waals surface area contributed by atoms with Crippen LogP contribution in [0.15, 0.2) is 65.1 Å². The van der Waals surface area contributed by atoms with Gasteiger partial charge in [0.15, 0.2) is 17.7 Å². The number of nitrogens with two attached hydrogens (primary N) is 1. The number of unbranched alkanes of at least 4 members (excludes halogenated alkanes) is 2. The second-order valence-corrected chi connectivity index (χ2v) is 12.4. The fourth-order valence-electron chi connectivity index (χ4n) is 6.49. The van der Waals surface area contributed by atoms with Gasteiger partial charge in [-0.2, -0.15) is 0 Å². The van der Waals surface area contributed by atoms with Crippen molar-refractivity contribution in [2.45, 2.75) is 89.3 Å². The van der Waals surface area contributed by atoms with Crippen molar-refractivity contribution in [2.75, 3.05) is 6.54 Å². The SMILES string of the molecule is CCCCCC(O)CC(=O)CCc1ccc(O)c(OC2CC#CC(O)c3ccc4c(c3CC3=CN=C5CN2C=C35)C=CNC4N)c1. The third-order valence-corrected chi connectivity index (χ3v) is 9.08. The minimum Gasteiger partial charge on any atom is -0.504 e. The largest absolute Gasteiger partial charge is 0.504 e. The van der Waals surface area contributed by atoms with Gasteiger partial charge >= 0.3 is 0 Å². The van der Waals surface area contributed by atoms with Gasteiger partial charge in [-0.1, -0.05) is 56.2 Å². The van der Waals surface area contributed by atoms with Gasteiger partial charge in [0.2, 0.25) is 0 Å². The number of aryl methyl sites for hydroxylation is 1. The molecule has 0 amide bonds. The minimum absolute atomic E-state index is 0.00930. The summed E-state index contributed by atoms with van der Waals surface area (Å²) in [5.41, 5.74) is 13.9. The van der Waals surface area contributed by atoms with Crippen LogP contribution >= 0.6 is 0 Å². The average molecular weight is 623 g/mol. The Kier molecular flexibility index (Phi) is 9.59. The standard InChI is InChI=1S/C37H42N4O5/c1-2-3-4-6-25(42)19-26(43)11-9-23-10-14-34(45)35(17-23)46-36-8-5-7-33(44)28-12-13-29-27(15-16-39-37(29)38)30(28)18-24-20-40-32-22-41(36)21-31(24)32/h10,12-17,20-21,25,33,36-37,39,42,44-45H,2-4,6,8-9,11,18-19,22,38H2,1H3. The molecule has 4 unspecified atom stereocenters.